The number of anilines is 1. The molecule has 0 bridgehead atoms. The van der Waals surface area contributed by atoms with E-state index in [1.54, 1.807) is 55.5 Å². The van der Waals surface area contributed by atoms with Crippen molar-refractivity contribution < 1.29 is 4.79 Å². The van der Waals surface area contributed by atoms with Crippen LogP contribution < -0.4 is 16.6 Å². The summed E-state index contributed by atoms with van der Waals surface area (Å²) < 4.78 is 3.26. The standard InChI is InChI=1S/C21H17ClN4O3S2/c1-12-14(22)9-6-10-15(12)23-16(27)11-25-18-17(31-20(24-18)30-2)19(28)26(21(25)29)13-7-4-3-5-8-13/h3-10H,11H2,1-2H3,(H,23,27). The molecule has 0 radical (unpaired) electrons. The highest BCUT2D eigenvalue weighted by Crippen LogP contribution is 2.26. The summed E-state index contributed by atoms with van der Waals surface area (Å²) in [5.41, 5.74) is 0.836. The van der Waals surface area contributed by atoms with E-state index in [9.17, 15) is 14.4 Å². The van der Waals surface area contributed by atoms with Gasteiger partial charge < -0.3 is 5.32 Å². The lowest BCUT2D eigenvalue weighted by molar-refractivity contribution is -0.116. The molecule has 7 nitrogen and oxygen atoms in total. The molecule has 1 N–H and O–H groups in total. The van der Waals surface area contributed by atoms with Crippen LogP contribution in [-0.2, 0) is 11.3 Å². The maximum absolute atomic E-state index is 13.3. The van der Waals surface area contributed by atoms with Crippen LogP contribution in [0.3, 0.4) is 0 Å². The Labute approximate surface area is 190 Å². The molecule has 0 spiro atoms. The van der Waals surface area contributed by atoms with Crippen molar-refractivity contribution in [2.75, 3.05) is 11.6 Å². The molecule has 10 heteroatoms. The van der Waals surface area contributed by atoms with Crippen molar-refractivity contribution in [2.45, 2.75) is 17.8 Å². The SMILES string of the molecule is CSc1nc2c(s1)c(=O)n(-c1ccccc1)c(=O)n2CC(=O)Nc1cccc(Cl)c1C. The zero-order valence-electron chi connectivity index (χ0n) is 16.6. The van der Waals surface area contributed by atoms with Gasteiger partial charge in [-0.15, -0.1) is 11.3 Å². The maximum Gasteiger partial charge on any atom is 0.337 e. The van der Waals surface area contributed by atoms with Crippen molar-refractivity contribution in [3.05, 3.63) is 80.0 Å². The van der Waals surface area contributed by atoms with Gasteiger partial charge in [0, 0.05) is 10.7 Å². The molecule has 0 fully saturated rings. The number of carbonyl (C=O) groups excluding carboxylic acids is 1. The Balaban J connectivity index is 1.84. The number of thiazole rings is 1. The molecule has 1 amide bonds. The summed E-state index contributed by atoms with van der Waals surface area (Å²) in [4.78, 5) is 43.6. The minimum absolute atomic E-state index is 0.203. The van der Waals surface area contributed by atoms with Gasteiger partial charge in [-0.25, -0.2) is 14.3 Å². The van der Waals surface area contributed by atoms with Crippen LogP contribution in [0.25, 0.3) is 16.0 Å². The number of nitrogens with zero attached hydrogens (tertiary/aromatic N) is 3. The fraction of sp³-hybridized carbons (Fsp3) is 0.143. The van der Waals surface area contributed by atoms with Crippen molar-refractivity contribution in [1.82, 2.24) is 14.1 Å². The molecule has 2 aromatic heterocycles. The van der Waals surface area contributed by atoms with Gasteiger partial charge >= 0.3 is 5.69 Å². The fourth-order valence-corrected chi connectivity index (χ4v) is 4.79. The lowest BCUT2D eigenvalue weighted by Gasteiger charge is -2.13. The average Bonchev–Trinajstić information content (AvgIpc) is 3.20. The highest BCUT2D eigenvalue weighted by atomic mass is 35.5. The number of amides is 1. The zero-order chi connectivity index (χ0) is 22.1. The van der Waals surface area contributed by atoms with Gasteiger partial charge in [-0.2, -0.15) is 0 Å². The summed E-state index contributed by atoms with van der Waals surface area (Å²) in [5.74, 6) is -0.425. The highest BCUT2D eigenvalue weighted by molar-refractivity contribution is 8.00. The summed E-state index contributed by atoms with van der Waals surface area (Å²) in [5, 5.41) is 3.31. The van der Waals surface area contributed by atoms with E-state index in [4.69, 9.17) is 11.6 Å². The first-order valence-electron chi connectivity index (χ1n) is 9.21. The highest BCUT2D eigenvalue weighted by Gasteiger charge is 2.20. The van der Waals surface area contributed by atoms with Gasteiger partial charge in [-0.1, -0.05) is 47.6 Å². The van der Waals surface area contributed by atoms with Gasteiger partial charge in [-0.05, 0) is 43.0 Å². The van der Waals surface area contributed by atoms with Gasteiger partial charge in [0.2, 0.25) is 5.91 Å². The van der Waals surface area contributed by atoms with Crippen LogP contribution in [0.2, 0.25) is 5.02 Å². The monoisotopic (exact) mass is 472 g/mol. The molecular weight excluding hydrogens is 456 g/mol. The molecule has 31 heavy (non-hydrogen) atoms. The van der Waals surface area contributed by atoms with Gasteiger partial charge in [0.05, 0.1) is 5.69 Å². The maximum atomic E-state index is 13.3. The largest absolute Gasteiger partial charge is 0.337 e. The van der Waals surface area contributed by atoms with Crippen LogP contribution in [0.5, 0.6) is 0 Å². The Morgan fingerprint density at radius 2 is 1.90 bits per heavy atom. The molecule has 4 aromatic rings. The number of thioether (sulfide) groups is 1. The number of carbonyl (C=O) groups is 1. The van der Waals surface area contributed by atoms with Crippen molar-refractivity contribution >= 4 is 56.6 Å². The van der Waals surface area contributed by atoms with Crippen LogP contribution in [0.4, 0.5) is 5.69 Å². The lowest BCUT2D eigenvalue weighted by atomic mass is 10.2. The third-order valence-corrected chi connectivity index (χ3v) is 7.12. The number of hydrogen-bond acceptors (Lipinski definition) is 6. The van der Waals surface area contributed by atoms with Crippen LogP contribution in [0, 0.1) is 6.92 Å². The lowest BCUT2D eigenvalue weighted by Crippen LogP contribution is -2.40. The summed E-state index contributed by atoms with van der Waals surface area (Å²) in [6.07, 6.45) is 1.84. The van der Waals surface area contributed by atoms with Crippen LogP contribution in [0.1, 0.15) is 5.56 Å². The third-order valence-electron chi connectivity index (χ3n) is 4.70. The van der Waals surface area contributed by atoms with E-state index in [1.807, 2.05) is 6.26 Å². The van der Waals surface area contributed by atoms with Gasteiger partial charge in [-0.3, -0.25) is 14.2 Å². The first-order valence-corrected chi connectivity index (χ1v) is 11.6. The fourth-order valence-electron chi connectivity index (χ4n) is 3.13. The first kappa shape index (κ1) is 21.4. The average molecular weight is 473 g/mol. The Kier molecular flexibility index (Phi) is 5.99. The van der Waals surface area contributed by atoms with Crippen LogP contribution >= 0.6 is 34.7 Å². The molecule has 0 aliphatic heterocycles. The van der Waals surface area contributed by atoms with Crippen molar-refractivity contribution in [1.29, 1.82) is 0 Å². The quantitative estimate of drug-likeness (QED) is 0.445. The smallest absolute Gasteiger partial charge is 0.324 e. The van der Waals surface area contributed by atoms with Crippen molar-refractivity contribution in [2.24, 2.45) is 0 Å². The Morgan fingerprint density at radius 1 is 1.16 bits per heavy atom. The molecular formula is C21H17ClN4O3S2. The number of benzene rings is 2. The number of aromatic nitrogens is 3. The Bertz CT molecular complexity index is 1410. The Hall–Kier alpha value is -2.88. The topological polar surface area (TPSA) is 86.0 Å². The molecule has 0 saturated carbocycles. The summed E-state index contributed by atoms with van der Waals surface area (Å²) in [7, 11) is 0. The molecule has 0 unspecified atom stereocenters. The van der Waals surface area contributed by atoms with Gasteiger partial charge in [0.15, 0.2) is 9.99 Å². The summed E-state index contributed by atoms with van der Waals surface area (Å²) in [6.45, 7) is 1.50. The third kappa shape index (κ3) is 4.04. The van der Waals surface area contributed by atoms with E-state index < -0.39 is 17.2 Å². The number of para-hydroxylation sites is 1. The van der Waals surface area contributed by atoms with Gasteiger partial charge in [0.25, 0.3) is 5.56 Å². The molecule has 158 valence electrons. The molecule has 0 saturated heterocycles. The summed E-state index contributed by atoms with van der Waals surface area (Å²) >= 11 is 8.70. The number of halogens is 1. The predicted octanol–water partition coefficient (Wildman–Crippen LogP) is 3.93. The van der Waals surface area contributed by atoms with E-state index >= 15 is 0 Å². The second-order valence-electron chi connectivity index (χ2n) is 6.64. The van der Waals surface area contributed by atoms with Crippen LogP contribution in [-0.4, -0.2) is 26.3 Å². The van der Waals surface area contributed by atoms with Crippen molar-refractivity contribution in [3.63, 3.8) is 0 Å². The number of hydrogen-bond donors (Lipinski definition) is 1. The summed E-state index contributed by atoms with van der Waals surface area (Å²) in [6, 6.07) is 13.8. The second-order valence-corrected chi connectivity index (χ2v) is 9.10. The van der Waals surface area contributed by atoms with E-state index in [0.717, 1.165) is 10.1 Å². The number of nitrogens with one attached hydrogen (secondary N) is 1. The molecule has 0 aliphatic rings. The van der Waals surface area contributed by atoms with E-state index in [0.29, 0.717) is 25.4 Å². The normalized spacial score (nSPS) is 11.1. The van der Waals surface area contributed by atoms with Crippen LogP contribution in [0.15, 0.2) is 62.5 Å². The molecule has 0 aliphatic carbocycles. The predicted molar refractivity (Wildman–Crippen MR) is 126 cm³/mol. The van der Waals surface area contributed by atoms with E-state index in [1.165, 1.54) is 27.7 Å². The Morgan fingerprint density at radius 3 is 2.61 bits per heavy atom. The van der Waals surface area contributed by atoms with Gasteiger partial charge in [0.1, 0.15) is 11.2 Å². The molecule has 2 aromatic carbocycles. The molecule has 2 heterocycles. The molecule has 4 rings (SSSR count). The first-order chi connectivity index (χ1) is 14.9. The number of fused-ring (bicyclic) bond motifs is 1. The van der Waals surface area contributed by atoms with E-state index in [-0.39, 0.29) is 12.2 Å². The minimum Gasteiger partial charge on any atom is -0.324 e. The minimum atomic E-state index is -0.625. The molecule has 0 atom stereocenters. The number of rotatable bonds is 5. The van der Waals surface area contributed by atoms with E-state index in [2.05, 4.69) is 10.3 Å². The second kappa shape index (κ2) is 8.70. The van der Waals surface area contributed by atoms with Crippen molar-refractivity contribution in [3.8, 4) is 5.69 Å². The zero-order valence-corrected chi connectivity index (χ0v) is 19.0.